The number of halogens is 1. The van der Waals surface area contributed by atoms with Crippen LogP contribution in [0.3, 0.4) is 0 Å². The summed E-state index contributed by atoms with van der Waals surface area (Å²) in [5.41, 5.74) is 7.38. The predicted octanol–water partition coefficient (Wildman–Crippen LogP) is 4.58. The van der Waals surface area contributed by atoms with Crippen molar-refractivity contribution in [2.45, 2.75) is 56.8 Å². The van der Waals surface area contributed by atoms with Gasteiger partial charge in [0.25, 0.3) is 0 Å². The fourth-order valence-corrected chi connectivity index (χ4v) is 4.46. The molecule has 0 atom stereocenters. The molecule has 2 fully saturated rings. The number of carbonyl (C=O) groups is 1. The van der Waals surface area contributed by atoms with Crippen LogP contribution >= 0.6 is 0 Å². The van der Waals surface area contributed by atoms with Gasteiger partial charge in [0.1, 0.15) is 5.54 Å². The fourth-order valence-electron chi connectivity index (χ4n) is 4.46. The lowest BCUT2D eigenvalue weighted by atomic mass is 9.89. The Labute approximate surface area is 181 Å². The zero-order chi connectivity index (χ0) is 21.8. The number of carboxylic acids is 1. The Morgan fingerprint density at radius 3 is 2.65 bits per heavy atom. The van der Waals surface area contributed by atoms with Gasteiger partial charge in [-0.1, -0.05) is 31.0 Å². The Kier molecular flexibility index (Phi) is 6.43. The lowest BCUT2D eigenvalue weighted by molar-refractivity contribution is -0.145. The molecule has 166 valence electrons. The van der Waals surface area contributed by atoms with Crippen LogP contribution in [0.4, 0.5) is 15.8 Å². The van der Waals surface area contributed by atoms with E-state index in [1.54, 1.807) is 18.2 Å². The second-order valence-corrected chi connectivity index (χ2v) is 8.42. The monoisotopic (exact) mass is 428 g/mol. The molecule has 0 spiro atoms. The first-order valence-corrected chi connectivity index (χ1v) is 10.9. The van der Waals surface area contributed by atoms with E-state index in [0.717, 1.165) is 31.2 Å². The van der Waals surface area contributed by atoms with Crippen molar-refractivity contribution in [3.8, 4) is 11.1 Å². The summed E-state index contributed by atoms with van der Waals surface area (Å²) in [5.74, 6) is -1.36. The molecular formula is C24H29FN2O4. The fraction of sp³-hybridized carbons (Fsp3) is 0.458. The number of nitrogens with one attached hydrogen (secondary N) is 1. The van der Waals surface area contributed by atoms with Gasteiger partial charge in [0.05, 0.1) is 18.4 Å². The average molecular weight is 429 g/mol. The molecule has 31 heavy (non-hydrogen) atoms. The van der Waals surface area contributed by atoms with Crippen LogP contribution in [0.1, 0.15) is 44.1 Å². The van der Waals surface area contributed by atoms with Gasteiger partial charge < -0.3 is 25.6 Å². The van der Waals surface area contributed by atoms with Crippen LogP contribution in [-0.4, -0.2) is 35.9 Å². The SMILES string of the molecule is Nc1cccc(-c2ccc(NC3(C(=O)O)CCOCC3)cc2COC2CCCC2)c1F. The van der Waals surface area contributed by atoms with Gasteiger partial charge in [0, 0.05) is 37.3 Å². The quantitative estimate of drug-likeness (QED) is 0.559. The molecule has 4 rings (SSSR count). The molecule has 1 saturated carbocycles. The normalized spacial score (nSPS) is 18.7. The first kappa shape index (κ1) is 21.6. The van der Waals surface area contributed by atoms with E-state index in [1.807, 2.05) is 12.1 Å². The minimum absolute atomic E-state index is 0.0920. The maximum absolute atomic E-state index is 14.8. The van der Waals surface area contributed by atoms with Crippen molar-refractivity contribution in [3.63, 3.8) is 0 Å². The van der Waals surface area contributed by atoms with E-state index < -0.39 is 17.3 Å². The summed E-state index contributed by atoms with van der Waals surface area (Å²) in [4.78, 5) is 12.0. The first-order valence-electron chi connectivity index (χ1n) is 10.9. The molecule has 0 unspecified atom stereocenters. The van der Waals surface area contributed by atoms with Crippen molar-refractivity contribution < 1.29 is 23.8 Å². The van der Waals surface area contributed by atoms with Gasteiger partial charge in [0.15, 0.2) is 5.82 Å². The highest BCUT2D eigenvalue weighted by molar-refractivity contribution is 5.83. The van der Waals surface area contributed by atoms with Crippen LogP contribution in [0.15, 0.2) is 36.4 Å². The number of ether oxygens (including phenoxy) is 2. The topological polar surface area (TPSA) is 93.8 Å². The Morgan fingerprint density at radius 1 is 1.19 bits per heavy atom. The standard InChI is InChI=1S/C24H29FN2O4/c25-22-20(6-3-7-21(22)26)19-9-8-17(14-16(19)15-31-18-4-1-2-5-18)27-24(23(28)29)10-12-30-13-11-24/h3,6-9,14,18,27H,1-2,4-5,10-13,15,26H2,(H,28,29). The van der Waals surface area contributed by atoms with Crippen LogP contribution < -0.4 is 11.1 Å². The molecular weight excluding hydrogens is 399 g/mol. The summed E-state index contributed by atoms with van der Waals surface area (Å²) in [6.45, 7) is 1.11. The molecule has 1 saturated heterocycles. The molecule has 0 amide bonds. The number of rotatable bonds is 7. The molecule has 6 nitrogen and oxygen atoms in total. The maximum atomic E-state index is 14.8. The molecule has 1 heterocycles. The number of benzene rings is 2. The van der Waals surface area contributed by atoms with Crippen molar-refractivity contribution >= 4 is 17.3 Å². The van der Waals surface area contributed by atoms with E-state index in [9.17, 15) is 14.3 Å². The molecule has 2 aliphatic rings. The second kappa shape index (κ2) is 9.24. The third kappa shape index (κ3) is 4.67. The number of carboxylic acid groups (broad SMARTS) is 1. The highest BCUT2D eigenvalue weighted by Crippen LogP contribution is 2.34. The number of aliphatic carboxylic acids is 1. The molecule has 1 aliphatic carbocycles. The van der Waals surface area contributed by atoms with E-state index in [-0.39, 0.29) is 11.8 Å². The van der Waals surface area contributed by atoms with E-state index in [0.29, 0.717) is 49.5 Å². The lowest BCUT2D eigenvalue weighted by Gasteiger charge is -2.35. The summed E-state index contributed by atoms with van der Waals surface area (Å²) in [6, 6.07) is 10.4. The average Bonchev–Trinajstić information content (AvgIpc) is 3.29. The maximum Gasteiger partial charge on any atom is 0.329 e. The number of nitrogens with two attached hydrogens (primary N) is 1. The lowest BCUT2D eigenvalue weighted by Crippen LogP contribution is -2.50. The zero-order valence-corrected chi connectivity index (χ0v) is 17.5. The summed E-state index contributed by atoms with van der Waals surface area (Å²) in [7, 11) is 0. The summed E-state index contributed by atoms with van der Waals surface area (Å²) in [6.07, 6.45) is 5.34. The van der Waals surface area contributed by atoms with E-state index in [1.165, 1.54) is 6.07 Å². The van der Waals surface area contributed by atoms with Gasteiger partial charge in [0.2, 0.25) is 0 Å². The summed E-state index contributed by atoms with van der Waals surface area (Å²) < 4.78 is 26.3. The molecule has 0 bridgehead atoms. The molecule has 2 aromatic rings. The van der Waals surface area contributed by atoms with Crippen molar-refractivity contribution in [1.82, 2.24) is 0 Å². The van der Waals surface area contributed by atoms with E-state index >= 15 is 0 Å². The molecule has 0 aromatic heterocycles. The van der Waals surface area contributed by atoms with Gasteiger partial charge in [-0.15, -0.1) is 0 Å². The van der Waals surface area contributed by atoms with E-state index in [2.05, 4.69) is 5.32 Å². The van der Waals surface area contributed by atoms with Crippen LogP contribution in [-0.2, 0) is 20.9 Å². The van der Waals surface area contributed by atoms with Gasteiger partial charge in [-0.25, -0.2) is 9.18 Å². The van der Waals surface area contributed by atoms with Crippen LogP contribution in [0.25, 0.3) is 11.1 Å². The summed E-state index contributed by atoms with van der Waals surface area (Å²) >= 11 is 0. The van der Waals surface area contributed by atoms with Crippen LogP contribution in [0, 0.1) is 5.82 Å². The molecule has 7 heteroatoms. The summed E-state index contributed by atoms with van der Waals surface area (Å²) in [5, 5.41) is 13.1. The Hall–Kier alpha value is -2.64. The van der Waals surface area contributed by atoms with Gasteiger partial charge >= 0.3 is 5.97 Å². The van der Waals surface area contributed by atoms with Crippen molar-refractivity contribution in [2.24, 2.45) is 0 Å². The van der Waals surface area contributed by atoms with Crippen molar-refractivity contribution in [2.75, 3.05) is 24.3 Å². The minimum atomic E-state index is -1.08. The van der Waals surface area contributed by atoms with Crippen molar-refractivity contribution in [3.05, 3.63) is 47.8 Å². The number of nitrogen functional groups attached to an aromatic ring is 1. The zero-order valence-electron chi connectivity index (χ0n) is 17.5. The van der Waals surface area contributed by atoms with Crippen LogP contribution in [0.2, 0.25) is 0 Å². The van der Waals surface area contributed by atoms with Gasteiger partial charge in [-0.05, 0) is 42.2 Å². The third-order valence-corrected chi connectivity index (χ3v) is 6.34. The Balaban J connectivity index is 1.67. The Morgan fingerprint density at radius 2 is 1.94 bits per heavy atom. The Bertz CT molecular complexity index is 937. The molecule has 2 aromatic carbocycles. The predicted molar refractivity (Wildman–Crippen MR) is 117 cm³/mol. The number of hydrogen-bond acceptors (Lipinski definition) is 5. The second-order valence-electron chi connectivity index (χ2n) is 8.42. The molecule has 0 radical (unpaired) electrons. The van der Waals surface area contributed by atoms with Crippen molar-refractivity contribution in [1.29, 1.82) is 0 Å². The number of anilines is 2. The highest BCUT2D eigenvalue weighted by atomic mass is 19.1. The largest absolute Gasteiger partial charge is 0.480 e. The van der Waals surface area contributed by atoms with Gasteiger partial charge in [-0.2, -0.15) is 0 Å². The van der Waals surface area contributed by atoms with Gasteiger partial charge in [-0.3, -0.25) is 0 Å². The van der Waals surface area contributed by atoms with Crippen LogP contribution in [0.5, 0.6) is 0 Å². The first-order chi connectivity index (χ1) is 15.0. The smallest absolute Gasteiger partial charge is 0.329 e. The van der Waals surface area contributed by atoms with E-state index in [4.69, 9.17) is 15.2 Å². The third-order valence-electron chi connectivity index (χ3n) is 6.34. The minimum Gasteiger partial charge on any atom is -0.480 e. The number of hydrogen-bond donors (Lipinski definition) is 3. The highest BCUT2D eigenvalue weighted by Gasteiger charge is 2.40. The molecule has 4 N–H and O–H groups in total. The molecule has 1 aliphatic heterocycles.